The molecule has 6 heteroatoms. The van der Waals surface area contributed by atoms with Crippen LogP contribution in [0.1, 0.15) is 27.7 Å². The SMILES string of the molecule is CC1(C)C(NC(=O)NCCOCC(=O)O)C1(C)C. The number of nitrogens with one attached hydrogen (secondary N) is 2. The molecule has 0 bridgehead atoms. The number of rotatable bonds is 6. The van der Waals surface area contributed by atoms with Gasteiger partial charge in [0.2, 0.25) is 0 Å². The summed E-state index contributed by atoms with van der Waals surface area (Å²) in [5.74, 6) is -1.01. The Hall–Kier alpha value is -1.30. The van der Waals surface area contributed by atoms with E-state index >= 15 is 0 Å². The summed E-state index contributed by atoms with van der Waals surface area (Å²) in [6, 6.07) is -0.0810. The Morgan fingerprint density at radius 3 is 2.22 bits per heavy atom. The smallest absolute Gasteiger partial charge is 0.329 e. The number of carboxylic acids is 1. The topological polar surface area (TPSA) is 87.7 Å². The summed E-state index contributed by atoms with van der Waals surface area (Å²) < 4.78 is 4.81. The van der Waals surface area contributed by atoms with Crippen molar-refractivity contribution in [2.24, 2.45) is 10.8 Å². The highest BCUT2D eigenvalue weighted by Crippen LogP contribution is 2.62. The molecule has 0 spiro atoms. The first-order valence-corrected chi connectivity index (χ1v) is 6.03. The maximum absolute atomic E-state index is 11.6. The second kappa shape index (κ2) is 5.14. The van der Waals surface area contributed by atoms with Gasteiger partial charge in [0.25, 0.3) is 0 Å². The van der Waals surface area contributed by atoms with Gasteiger partial charge in [-0.15, -0.1) is 0 Å². The zero-order chi connectivity index (χ0) is 14.0. The predicted octanol–water partition coefficient (Wildman–Crippen LogP) is 0.821. The van der Waals surface area contributed by atoms with Crippen LogP contribution in [0.15, 0.2) is 0 Å². The fraction of sp³-hybridized carbons (Fsp3) is 0.833. The van der Waals surface area contributed by atoms with Crippen LogP contribution in [-0.4, -0.2) is 42.9 Å². The third-order valence-corrected chi connectivity index (χ3v) is 4.05. The summed E-state index contributed by atoms with van der Waals surface area (Å²) in [5, 5.41) is 13.9. The number of aliphatic carboxylic acids is 1. The summed E-state index contributed by atoms with van der Waals surface area (Å²) >= 11 is 0. The maximum atomic E-state index is 11.6. The molecule has 0 aliphatic heterocycles. The molecule has 3 N–H and O–H groups in total. The molecule has 0 unspecified atom stereocenters. The van der Waals surface area contributed by atoms with Crippen molar-refractivity contribution in [3.63, 3.8) is 0 Å². The zero-order valence-corrected chi connectivity index (χ0v) is 11.4. The highest BCUT2D eigenvalue weighted by atomic mass is 16.5. The first-order valence-electron chi connectivity index (χ1n) is 6.03. The Morgan fingerprint density at radius 1 is 1.22 bits per heavy atom. The van der Waals surface area contributed by atoms with E-state index < -0.39 is 5.97 Å². The van der Waals surface area contributed by atoms with Gasteiger partial charge >= 0.3 is 12.0 Å². The summed E-state index contributed by atoms with van der Waals surface area (Å²) in [4.78, 5) is 21.7. The molecule has 1 aliphatic carbocycles. The van der Waals surface area contributed by atoms with Crippen molar-refractivity contribution in [1.82, 2.24) is 10.6 Å². The van der Waals surface area contributed by atoms with E-state index in [1.807, 2.05) is 0 Å². The standard InChI is InChI=1S/C12H22N2O4/c1-11(2)9(12(11,3)4)14-10(17)13-5-6-18-7-8(15)16/h9H,5-7H2,1-4H3,(H,15,16)(H2,13,14,17). The minimum atomic E-state index is -1.01. The Balaban J connectivity index is 2.15. The summed E-state index contributed by atoms with van der Waals surface area (Å²) in [6.07, 6.45) is 0. The Kier molecular flexibility index (Phi) is 4.21. The van der Waals surface area contributed by atoms with Crippen LogP contribution >= 0.6 is 0 Å². The lowest BCUT2D eigenvalue weighted by Crippen LogP contribution is -2.40. The van der Waals surface area contributed by atoms with E-state index in [4.69, 9.17) is 9.84 Å². The second-order valence-electron chi connectivity index (χ2n) is 5.72. The van der Waals surface area contributed by atoms with Crippen LogP contribution in [0.3, 0.4) is 0 Å². The quantitative estimate of drug-likeness (QED) is 0.615. The van der Waals surface area contributed by atoms with Gasteiger partial charge in [-0.25, -0.2) is 9.59 Å². The first-order chi connectivity index (χ1) is 8.19. The highest BCUT2D eigenvalue weighted by Gasteiger charge is 2.65. The van der Waals surface area contributed by atoms with E-state index in [1.165, 1.54) is 0 Å². The number of hydrogen-bond acceptors (Lipinski definition) is 3. The van der Waals surface area contributed by atoms with Gasteiger partial charge in [-0.05, 0) is 10.8 Å². The molecule has 0 atom stereocenters. The Labute approximate surface area is 107 Å². The first kappa shape index (κ1) is 14.8. The normalized spacial score (nSPS) is 20.2. The molecule has 0 aromatic rings. The molecule has 0 aromatic heterocycles. The molecule has 104 valence electrons. The Morgan fingerprint density at radius 2 is 1.78 bits per heavy atom. The number of urea groups is 1. The fourth-order valence-corrected chi connectivity index (χ4v) is 2.14. The number of carboxylic acid groups (broad SMARTS) is 1. The van der Waals surface area contributed by atoms with Gasteiger partial charge < -0.3 is 20.5 Å². The van der Waals surface area contributed by atoms with E-state index in [0.29, 0.717) is 6.54 Å². The van der Waals surface area contributed by atoms with Crippen LogP contribution in [0.2, 0.25) is 0 Å². The number of ether oxygens (including phenoxy) is 1. The fourth-order valence-electron chi connectivity index (χ4n) is 2.14. The third-order valence-electron chi connectivity index (χ3n) is 4.05. The number of carbonyl (C=O) groups is 2. The molecule has 2 amide bonds. The molecule has 1 saturated carbocycles. The van der Waals surface area contributed by atoms with Crippen LogP contribution < -0.4 is 10.6 Å². The van der Waals surface area contributed by atoms with Gasteiger partial charge in [-0.3, -0.25) is 0 Å². The van der Waals surface area contributed by atoms with Crippen LogP contribution in [0, 0.1) is 10.8 Å². The van der Waals surface area contributed by atoms with Crippen molar-refractivity contribution in [3.05, 3.63) is 0 Å². The lowest BCUT2D eigenvalue weighted by molar-refractivity contribution is -0.142. The minimum Gasteiger partial charge on any atom is -0.480 e. The molecule has 1 fully saturated rings. The minimum absolute atomic E-state index is 0.101. The van der Waals surface area contributed by atoms with Crippen molar-refractivity contribution in [3.8, 4) is 0 Å². The van der Waals surface area contributed by atoms with Crippen molar-refractivity contribution in [2.45, 2.75) is 33.7 Å². The zero-order valence-electron chi connectivity index (χ0n) is 11.4. The van der Waals surface area contributed by atoms with Gasteiger partial charge in [0.15, 0.2) is 0 Å². The van der Waals surface area contributed by atoms with Crippen molar-refractivity contribution < 1.29 is 19.4 Å². The lowest BCUT2D eigenvalue weighted by Gasteiger charge is -2.08. The molecule has 0 saturated heterocycles. The largest absolute Gasteiger partial charge is 0.480 e. The van der Waals surface area contributed by atoms with Crippen molar-refractivity contribution in [1.29, 1.82) is 0 Å². The summed E-state index contributed by atoms with van der Waals surface area (Å²) in [5.41, 5.74) is 0.203. The van der Waals surface area contributed by atoms with E-state index in [2.05, 4.69) is 38.3 Å². The average molecular weight is 258 g/mol. The number of amides is 2. The maximum Gasteiger partial charge on any atom is 0.329 e. The van der Waals surface area contributed by atoms with Crippen LogP contribution in [-0.2, 0) is 9.53 Å². The van der Waals surface area contributed by atoms with Gasteiger partial charge in [0, 0.05) is 12.6 Å². The summed E-state index contributed by atoms with van der Waals surface area (Å²) in [6.45, 7) is 8.62. The molecule has 0 aromatic carbocycles. The van der Waals surface area contributed by atoms with Gasteiger partial charge in [-0.1, -0.05) is 27.7 Å². The van der Waals surface area contributed by atoms with E-state index in [0.717, 1.165) is 0 Å². The Bertz CT molecular complexity index is 325. The number of hydrogen-bond donors (Lipinski definition) is 3. The lowest BCUT2D eigenvalue weighted by atomic mass is 10.0. The third kappa shape index (κ3) is 3.13. The average Bonchev–Trinajstić information content (AvgIpc) is 2.60. The monoisotopic (exact) mass is 258 g/mol. The second-order valence-corrected chi connectivity index (χ2v) is 5.72. The molecule has 1 rings (SSSR count). The van der Waals surface area contributed by atoms with Gasteiger partial charge in [-0.2, -0.15) is 0 Å². The van der Waals surface area contributed by atoms with Crippen molar-refractivity contribution in [2.75, 3.05) is 19.8 Å². The van der Waals surface area contributed by atoms with Crippen molar-refractivity contribution >= 4 is 12.0 Å². The molecular formula is C12H22N2O4. The molecule has 0 radical (unpaired) electrons. The number of carbonyl (C=O) groups excluding carboxylic acids is 1. The van der Waals surface area contributed by atoms with Gasteiger partial charge in [0.1, 0.15) is 6.61 Å². The molecule has 18 heavy (non-hydrogen) atoms. The molecule has 0 heterocycles. The van der Waals surface area contributed by atoms with Gasteiger partial charge in [0.05, 0.1) is 6.61 Å². The predicted molar refractivity (Wildman–Crippen MR) is 66.3 cm³/mol. The van der Waals surface area contributed by atoms with E-state index in [1.54, 1.807) is 0 Å². The van der Waals surface area contributed by atoms with Crippen LogP contribution in [0.4, 0.5) is 4.79 Å². The van der Waals surface area contributed by atoms with E-state index in [-0.39, 0.29) is 36.1 Å². The molecule has 6 nitrogen and oxygen atoms in total. The van der Waals surface area contributed by atoms with Crippen LogP contribution in [0.25, 0.3) is 0 Å². The molecule has 1 aliphatic rings. The summed E-state index contributed by atoms with van der Waals surface area (Å²) in [7, 11) is 0. The molecular weight excluding hydrogens is 236 g/mol. The highest BCUT2D eigenvalue weighted by molar-refractivity contribution is 5.75. The van der Waals surface area contributed by atoms with E-state index in [9.17, 15) is 9.59 Å². The van der Waals surface area contributed by atoms with Crippen LogP contribution in [0.5, 0.6) is 0 Å².